The molecule has 0 saturated carbocycles. The molecular weight excluding hydrogens is 269 g/mol. The maximum Gasteiger partial charge on any atom is 0.263 e. The number of halogens is 3. The van der Waals surface area contributed by atoms with Crippen LogP contribution in [-0.2, 0) is 0 Å². The first-order chi connectivity index (χ1) is 6.41. The van der Waals surface area contributed by atoms with Gasteiger partial charge in [-0.2, -0.15) is 0 Å². The average Bonchev–Trinajstić information content (AvgIpc) is 2.53. The van der Waals surface area contributed by atoms with E-state index in [1.54, 1.807) is 17.5 Å². The summed E-state index contributed by atoms with van der Waals surface area (Å²) in [7, 11) is 0. The van der Waals surface area contributed by atoms with Gasteiger partial charge in [0.25, 0.3) is 5.91 Å². The molecule has 7 heteroatoms. The second-order valence-corrected chi connectivity index (χ2v) is 5.71. The Morgan fingerprint density at radius 2 is 2.21 bits per heavy atom. The van der Waals surface area contributed by atoms with Crippen LogP contribution in [0.15, 0.2) is 17.5 Å². The van der Waals surface area contributed by atoms with Crippen LogP contribution in [0.25, 0.3) is 0 Å². The number of aliphatic hydroxyl groups is 1. The van der Waals surface area contributed by atoms with Gasteiger partial charge in [0, 0.05) is 0 Å². The van der Waals surface area contributed by atoms with E-state index in [9.17, 15) is 9.90 Å². The molecule has 0 saturated heterocycles. The molecule has 0 bridgehead atoms. The summed E-state index contributed by atoms with van der Waals surface area (Å²) < 4.78 is -1.92. The summed E-state index contributed by atoms with van der Waals surface area (Å²) in [6, 6.07) is 3.31. The fourth-order valence-corrected chi connectivity index (χ4v) is 1.48. The highest BCUT2D eigenvalue weighted by atomic mass is 35.6. The van der Waals surface area contributed by atoms with E-state index in [0.29, 0.717) is 4.88 Å². The summed E-state index contributed by atoms with van der Waals surface area (Å²) in [6.45, 7) is 0. The Morgan fingerprint density at radius 1 is 1.57 bits per heavy atom. The van der Waals surface area contributed by atoms with E-state index < -0.39 is 15.9 Å². The van der Waals surface area contributed by atoms with Crippen molar-refractivity contribution in [2.45, 2.75) is 10.0 Å². The van der Waals surface area contributed by atoms with Crippen LogP contribution >= 0.6 is 46.1 Å². The third kappa shape index (κ3) is 3.29. The van der Waals surface area contributed by atoms with Crippen LogP contribution in [0.2, 0.25) is 0 Å². The highest BCUT2D eigenvalue weighted by Crippen LogP contribution is 2.29. The molecule has 1 amide bonds. The van der Waals surface area contributed by atoms with E-state index in [1.165, 1.54) is 11.3 Å². The molecule has 0 spiro atoms. The van der Waals surface area contributed by atoms with Crippen molar-refractivity contribution in [2.24, 2.45) is 0 Å². The molecule has 1 aromatic heterocycles. The third-order valence-electron chi connectivity index (χ3n) is 1.32. The molecule has 3 nitrogen and oxygen atoms in total. The molecular formula is C7H6Cl3NO2S. The maximum absolute atomic E-state index is 11.3. The van der Waals surface area contributed by atoms with E-state index in [0.717, 1.165) is 0 Å². The zero-order chi connectivity index (χ0) is 10.8. The molecule has 1 aromatic rings. The van der Waals surface area contributed by atoms with E-state index in [1.807, 2.05) is 0 Å². The molecule has 0 aliphatic carbocycles. The minimum absolute atomic E-state index is 0.443. The predicted octanol–water partition coefficient (Wildman–Crippen LogP) is 2.17. The standard InChI is InChI=1S/C7H6Cl3NO2S/c8-7(9,10)6(13)11-5(12)4-2-1-3-14-4/h1-3,6,13H,(H,11,12)/t6-/m0/s1. The minimum Gasteiger partial charge on any atom is -0.369 e. The van der Waals surface area contributed by atoms with Gasteiger partial charge in [0.05, 0.1) is 4.88 Å². The topological polar surface area (TPSA) is 49.3 Å². The van der Waals surface area contributed by atoms with Crippen LogP contribution < -0.4 is 5.32 Å². The van der Waals surface area contributed by atoms with Crippen molar-refractivity contribution in [3.63, 3.8) is 0 Å². The number of alkyl halides is 3. The van der Waals surface area contributed by atoms with Crippen LogP contribution in [-0.4, -0.2) is 21.0 Å². The van der Waals surface area contributed by atoms with Crippen LogP contribution in [0, 0.1) is 0 Å². The Kier molecular flexibility index (Phi) is 4.04. The van der Waals surface area contributed by atoms with Crippen LogP contribution in [0.5, 0.6) is 0 Å². The Bertz CT molecular complexity index is 309. The number of nitrogens with one attached hydrogen (secondary N) is 1. The lowest BCUT2D eigenvalue weighted by atomic mass is 10.4. The molecule has 0 unspecified atom stereocenters. The summed E-state index contributed by atoms with van der Waals surface area (Å²) in [5.41, 5.74) is 0. The molecule has 1 heterocycles. The average molecular weight is 275 g/mol. The van der Waals surface area contributed by atoms with Gasteiger partial charge in [0.2, 0.25) is 3.79 Å². The summed E-state index contributed by atoms with van der Waals surface area (Å²) in [4.78, 5) is 11.8. The van der Waals surface area contributed by atoms with Crippen molar-refractivity contribution in [1.29, 1.82) is 0 Å². The van der Waals surface area contributed by atoms with Gasteiger partial charge in [-0.3, -0.25) is 4.79 Å². The van der Waals surface area contributed by atoms with E-state index in [2.05, 4.69) is 5.32 Å². The first-order valence-electron chi connectivity index (χ1n) is 3.50. The molecule has 0 aliphatic heterocycles. The molecule has 0 radical (unpaired) electrons. The van der Waals surface area contributed by atoms with Gasteiger partial charge in [0.1, 0.15) is 0 Å². The van der Waals surface area contributed by atoms with Crippen molar-refractivity contribution in [3.8, 4) is 0 Å². The fourth-order valence-electron chi connectivity index (χ4n) is 0.685. The van der Waals surface area contributed by atoms with Crippen LogP contribution in [0.4, 0.5) is 0 Å². The first-order valence-corrected chi connectivity index (χ1v) is 5.52. The number of hydrogen-bond donors (Lipinski definition) is 2. The first kappa shape index (κ1) is 12.1. The Balaban J connectivity index is 2.58. The van der Waals surface area contributed by atoms with Crippen molar-refractivity contribution in [3.05, 3.63) is 22.4 Å². The van der Waals surface area contributed by atoms with Gasteiger partial charge in [-0.15, -0.1) is 11.3 Å². The third-order valence-corrected chi connectivity index (χ3v) is 2.81. The van der Waals surface area contributed by atoms with Crippen LogP contribution in [0.1, 0.15) is 9.67 Å². The lowest BCUT2D eigenvalue weighted by molar-refractivity contribution is 0.0796. The second kappa shape index (κ2) is 4.68. The van der Waals surface area contributed by atoms with Gasteiger partial charge in [-0.05, 0) is 11.4 Å². The number of rotatable bonds is 2. The van der Waals surface area contributed by atoms with Gasteiger partial charge < -0.3 is 10.4 Å². The van der Waals surface area contributed by atoms with Gasteiger partial charge in [0.15, 0.2) is 6.23 Å². The zero-order valence-corrected chi connectivity index (χ0v) is 9.79. The Morgan fingerprint density at radius 3 is 2.64 bits per heavy atom. The quantitative estimate of drug-likeness (QED) is 0.641. The lowest BCUT2D eigenvalue weighted by Gasteiger charge is -2.19. The molecule has 78 valence electrons. The summed E-state index contributed by atoms with van der Waals surface area (Å²) >= 11 is 17.3. The minimum atomic E-state index is -1.92. The van der Waals surface area contributed by atoms with Crippen molar-refractivity contribution in [1.82, 2.24) is 5.32 Å². The molecule has 0 fully saturated rings. The summed E-state index contributed by atoms with van der Waals surface area (Å²) in [5.74, 6) is -0.473. The molecule has 2 N–H and O–H groups in total. The highest BCUT2D eigenvalue weighted by molar-refractivity contribution is 7.12. The summed E-state index contributed by atoms with van der Waals surface area (Å²) in [5, 5.41) is 13.1. The molecule has 1 rings (SSSR count). The van der Waals surface area contributed by atoms with Crippen molar-refractivity contribution >= 4 is 52.0 Å². The number of carbonyl (C=O) groups is 1. The van der Waals surface area contributed by atoms with E-state index in [4.69, 9.17) is 34.8 Å². The monoisotopic (exact) mass is 273 g/mol. The molecule has 14 heavy (non-hydrogen) atoms. The number of hydrogen-bond acceptors (Lipinski definition) is 3. The lowest BCUT2D eigenvalue weighted by Crippen LogP contribution is -2.43. The fraction of sp³-hybridized carbons (Fsp3) is 0.286. The smallest absolute Gasteiger partial charge is 0.263 e. The predicted molar refractivity (Wildman–Crippen MR) is 58.1 cm³/mol. The normalized spacial score (nSPS) is 13.7. The largest absolute Gasteiger partial charge is 0.369 e. The maximum atomic E-state index is 11.3. The zero-order valence-electron chi connectivity index (χ0n) is 6.71. The highest BCUT2D eigenvalue weighted by Gasteiger charge is 2.32. The van der Waals surface area contributed by atoms with E-state index in [-0.39, 0.29) is 0 Å². The Labute approximate surface area is 99.6 Å². The number of amides is 1. The van der Waals surface area contributed by atoms with Gasteiger partial charge >= 0.3 is 0 Å². The molecule has 0 aliphatic rings. The van der Waals surface area contributed by atoms with Crippen molar-refractivity contribution in [2.75, 3.05) is 0 Å². The number of carbonyl (C=O) groups excluding carboxylic acids is 1. The van der Waals surface area contributed by atoms with Gasteiger partial charge in [-0.25, -0.2) is 0 Å². The number of thiophene rings is 1. The van der Waals surface area contributed by atoms with Gasteiger partial charge in [-0.1, -0.05) is 40.9 Å². The van der Waals surface area contributed by atoms with Crippen molar-refractivity contribution < 1.29 is 9.90 Å². The molecule has 0 aromatic carbocycles. The number of aliphatic hydroxyl groups excluding tert-OH is 1. The molecule has 1 atom stereocenters. The second-order valence-electron chi connectivity index (χ2n) is 2.39. The SMILES string of the molecule is O=C(N[C@@H](O)C(Cl)(Cl)Cl)c1cccs1. The van der Waals surface area contributed by atoms with Crippen LogP contribution in [0.3, 0.4) is 0 Å². The Hall–Kier alpha value is -0.000000000000000139. The summed E-state index contributed by atoms with van der Waals surface area (Å²) in [6.07, 6.45) is -1.53. The van der Waals surface area contributed by atoms with E-state index >= 15 is 0 Å².